The third-order valence-electron chi connectivity index (χ3n) is 4.53. The first-order valence-corrected chi connectivity index (χ1v) is 7.04. The van der Waals surface area contributed by atoms with Gasteiger partial charge in [-0.2, -0.15) is 0 Å². The Kier molecular flexibility index (Phi) is 2.50. The maximum Gasteiger partial charge on any atom is 0.280 e. The third kappa shape index (κ3) is 1.56. The lowest BCUT2D eigenvalue weighted by Crippen LogP contribution is -2.31. The Balaban J connectivity index is 1.86. The molecule has 1 fully saturated rings. The molecule has 2 aliphatic rings. The third-order valence-corrected chi connectivity index (χ3v) is 4.53. The van der Waals surface area contributed by atoms with E-state index in [0.29, 0.717) is 5.69 Å². The summed E-state index contributed by atoms with van der Waals surface area (Å²) in [5.41, 5.74) is 1.31. The van der Waals surface area contributed by atoms with E-state index in [-0.39, 0.29) is 11.0 Å². The Hall–Kier alpha value is -2.01. The minimum Gasteiger partial charge on any atom is -0.316 e. The van der Waals surface area contributed by atoms with Crippen molar-refractivity contribution in [2.75, 3.05) is 13.1 Å². The molecule has 1 saturated heterocycles. The quantitative estimate of drug-likeness (QED) is 0.836. The predicted octanol–water partition coefficient (Wildman–Crippen LogP) is 0.940. The van der Waals surface area contributed by atoms with Crippen LogP contribution in [0.1, 0.15) is 18.7 Å². The fraction of sp³-hybridized carbons (Fsp3) is 0.400. The maximum atomic E-state index is 12.6. The number of benzene rings is 1. The van der Waals surface area contributed by atoms with Crippen LogP contribution in [0.2, 0.25) is 0 Å². The van der Waals surface area contributed by atoms with Crippen LogP contribution in [0.5, 0.6) is 0 Å². The zero-order valence-electron chi connectivity index (χ0n) is 11.2. The smallest absolute Gasteiger partial charge is 0.280 e. The molecular weight excluding hydrogens is 252 g/mol. The van der Waals surface area contributed by atoms with Crippen LogP contribution in [0.25, 0.3) is 11.3 Å². The molecule has 0 amide bonds. The minimum atomic E-state index is -0.00928. The summed E-state index contributed by atoms with van der Waals surface area (Å²) >= 11 is 0. The van der Waals surface area contributed by atoms with Gasteiger partial charge in [0.2, 0.25) is 0 Å². The molecule has 102 valence electrons. The van der Waals surface area contributed by atoms with Crippen molar-refractivity contribution in [3.63, 3.8) is 0 Å². The van der Waals surface area contributed by atoms with Gasteiger partial charge in [0, 0.05) is 24.1 Å². The van der Waals surface area contributed by atoms with E-state index in [1.807, 2.05) is 34.9 Å². The van der Waals surface area contributed by atoms with Crippen LogP contribution in [0.3, 0.4) is 0 Å². The Morgan fingerprint density at radius 3 is 2.75 bits per heavy atom. The van der Waals surface area contributed by atoms with Gasteiger partial charge >= 0.3 is 0 Å². The Bertz CT molecular complexity index is 702. The van der Waals surface area contributed by atoms with Crippen LogP contribution in [0, 0.1) is 0 Å². The molecule has 4 rings (SSSR count). The van der Waals surface area contributed by atoms with Crippen LogP contribution < -0.4 is 10.9 Å². The number of hydrogen-bond donors (Lipinski definition) is 1. The average Bonchev–Trinajstić information content (AvgIpc) is 3.10. The lowest BCUT2D eigenvalue weighted by Gasteiger charge is -2.19. The second-order valence-electron chi connectivity index (χ2n) is 5.65. The van der Waals surface area contributed by atoms with Gasteiger partial charge in [0.05, 0.1) is 0 Å². The van der Waals surface area contributed by atoms with Crippen molar-refractivity contribution < 1.29 is 0 Å². The van der Waals surface area contributed by atoms with Crippen molar-refractivity contribution in [2.45, 2.75) is 24.8 Å². The molecule has 1 aromatic heterocycles. The molecule has 1 spiro atoms. The first-order chi connectivity index (χ1) is 9.80. The Morgan fingerprint density at radius 1 is 1.15 bits per heavy atom. The molecule has 5 nitrogen and oxygen atoms in total. The minimum absolute atomic E-state index is 0.00928. The fourth-order valence-electron chi connectivity index (χ4n) is 3.38. The lowest BCUT2D eigenvalue weighted by molar-refractivity contribution is 0.453. The molecule has 3 heterocycles. The molecule has 0 saturated carbocycles. The SMILES string of the molecule is O=c1c(-c2ccccc2)nnc2n1CCC21CCNC1. The number of fused-ring (bicyclic) bond motifs is 2. The summed E-state index contributed by atoms with van der Waals surface area (Å²) in [6.07, 6.45) is 2.04. The van der Waals surface area contributed by atoms with Crippen molar-refractivity contribution in [2.24, 2.45) is 0 Å². The molecule has 20 heavy (non-hydrogen) atoms. The summed E-state index contributed by atoms with van der Waals surface area (Å²) in [5, 5.41) is 12.0. The molecule has 1 N–H and O–H groups in total. The topological polar surface area (TPSA) is 59.8 Å². The first kappa shape index (κ1) is 11.8. The van der Waals surface area contributed by atoms with E-state index in [2.05, 4.69) is 15.5 Å². The van der Waals surface area contributed by atoms with E-state index in [1.165, 1.54) is 0 Å². The van der Waals surface area contributed by atoms with Crippen LogP contribution in [-0.4, -0.2) is 27.9 Å². The van der Waals surface area contributed by atoms with E-state index >= 15 is 0 Å². The van der Waals surface area contributed by atoms with Crippen molar-refractivity contribution in [1.82, 2.24) is 20.1 Å². The van der Waals surface area contributed by atoms with Crippen LogP contribution in [-0.2, 0) is 12.0 Å². The second-order valence-corrected chi connectivity index (χ2v) is 5.65. The number of rotatable bonds is 1. The van der Waals surface area contributed by atoms with Crippen molar-refractivity contribution >= 4 is 0 Å². The van der Waals surface area contributed by atoms with E-state index in [9.17, 15) is 4.79 Å². The number of nitrogens with zero attached hydrogens (tertiary/aromatic N) is 3. The van der Waals surface area contributed by atoms with Gasteiger partial charge in [0.1, 0.15) is 5.82 Å². The number of hydrogen-bond acceptors (Lipinski definition) is 4. The zero-order valence-corrected chi connectivity index (χ0v) is 11.2. The molecule has 1 aromatic carbocycles. The van der Waals surface area contributed by atoms with Crippen molar-refractivity contribution in [3.8, 4) is 11.3 Å². The van der Waals surface area contributed by atoms with Gasteiger partial charge in [0.15, 0.2) is 5.69 Å². The highest BCUT2D eigenvalue weighted by atomic mass is 16.1. The van der Waals surface area contributed by atoms with E-state index in [1.54, 1.807) is 0 Å². The van der Waals surface area contributed by atoms with Gasteiger partial charge in [-0.1, -0.05) is 30.3 Å². The van der Waals surface area contributed by atoms with Crippen LogP contribution in [0.4, 0.5) is 0 Å². The summed E-state index contributed by atoms with van der Waals surface area (Å²) < 4.78 is 1.82. The van der Waals surface area contributed by atoms with E-state index < -0.39 is 0 Å². The first-order valence-electron chi connectivity index (χ1n) is 7.04. The molecule has 5 heteroatoms. The van der Waals surface area contributed by atoms with Gasteiger partial charge in [-0.3, -0.25) is 9.36 Å². The van der Waals surface area contributed by atoms with Crippen LogP contribution >= 0.6 is 0 Å². The highest BCUT2D eigenvalue weighted by molar-refractivity contribution is 5.57. The Labute approximate surface area is 116 Å². The summed E-state index contributed by atoms with van der Waals surface area (Å²) in [7, 11) is 0. The molecule has 1 atom stereocenters. The normalized spacial score (nSPS) is 24.2. The van der Waals surface area contributed by atoms with Gasteiger partial charge in [-0.15, -0.1) is 10.2 Å². The summed E-state index contributed by atoms with van der Waals surface area (Å²) in [4.78, 5) is 12.6. The molecular formula is C15H16N4O. The molecule has 0 aliphatic carbocycles. The van der Waals surface area contributed by atoms with Gasteiger partial charge < -0.3 is 5.32 Å². The zero-order chi connectivity index (χ0) is 13.6. The molecule has 2 aliphatic heterocycles. The largest absolute Gasteiger partial charge is 0.316 e. The van der Waals surface area contributed by atoms with Gasteiger partial charge in [0.25, 0.3) is 5.56 Å². The number of aromatic nitrogens is 3. The lowest BCUT2D eigenvalue weighted by atomic mass is 9.85. The van der Waals surface area contributed by atoms with Gasteiger partial charge in [-0.05, 0) is 19.4 Å². The van der Waals surface area contributed by atoms with E-state index in [4.69, 9.17) is 0 Å². The highest BCUT2D eigenvalue weighted by Gasteiger charge is 2.44. The average molecular weight is 268 g/mol. The fourth-order valence-corrected chi connectivity index (χ4v) is 3.38. The highest BCUT2D eigenvalue weighted by Crippen LogP contribution is 2.37. The van der Waals surface area contributed by atoms with Crippen molar-refractivity contribution in [3.05, 3.63) is 46.5 Å². The summed E-state index contributed by atoms with van der Waals surface area (Å²) in [6.45, 7) is 2.66. The summed E-state index contributed by atoms with van der Waals surface area (Å²) in [6, 6.07) is 9.56. The predicted molar refractivity (Wildman–Crippen MR) is 75.5 cm³/mol. The number of nitrogens with one attached hydrogen (secondary N) is 1. The van der Waals surface area contributed by atoms with E-state index in [0.717, 1.165) is 43.9 Å². The van der Waals surface area contributed by atoms with Crippen LogP contribution in [0.15, 0.2) is 35.1 Å². The molecule has 0 radical (unpaired) electrons. The monoisotopic (exact) mass is 268 g/mol. The molecule has 0 bridgehead atoms. The second kappa shape index (κ2) is 4.24. The standard InChI is InChI=1S/C15H16N4O/c20-13-12(11-4-2-1-3-5-11)17-18-14-15(6-8-16-10-15)7-9-19(13)14/h1-5,16H,6-10H2. The maximum absolute atomic E-state index is 12.6. The summed E-state index contributed by atoms with van der Waals surface area (Å²) in [5.74, 6) is 0.868. The molecule has 1 unspecified atom stereocenters. The van der Waals surface area contributed by atoms with Crippen molar-refractivity contribution in [1.29, 1.82) is 0 Å². The molecule has 2 aromatic rings. The van der Waals surface area contributed by atoms with Gasteiger partial charge in [-0.25, -0.2) is 0 Å². The Morgan fingerprint density at radius 2 is 2.00 bits per heavy atom.